The van der Waals surface area contributed by atoms with Gasteiger partial charge in [-0.15, -0.1) is 5.10 Å². The third-order valence-corrected chi connectivity index (χ3v) is 7.36. The van der Waals surface area contributed by atoms with Gasteiger partial charge in [0.2, 0.25) is 11.9 Å². The van der Waals surface area contributed by atoms with Gasteiger partial charge < -0.3 is 20.2 Å². The van der Waals surface area contributed by atoms with E-state index in [9.17, 15) is 22.8 Å². The highest BCUT2D eigenvalue weighted by molar-refractivity contribution is 5.94. The molecule has 0 aliphatic carbocycles. The predicted molar refractivity (Wildman–Crippen MR) is 147 cm³/mol. The van der Waals surface area contributed by atoms with Crippen LogP contribution in [0.1, 0.15) is 35.2 Å². The summed E-state index contributed by atoms with van der Waals surface area (Å²) in [7, 11) is 0. The van der Waals surface area contributed by atoms with Crippen LogP contribution < -0.4 is 5.32 Å². The van der Waals surface area contributed by atoms with Gasteiger partial charge in [-0.3, -0.25) is 14.5 Å². The lowest BCUT2D eigenvalue weighted by molar-refractivity contribution is -0.148. The molecular formula is C28H32F3N7O3. The van der Waals surface area contributed by atoms with Crippen molar-refractivity contribution < 1.29 is 27.9 Å². The summed E-state index contributed by atoms with van der Waals surface area (Å²) in [6, 6.07) is 10.9. The zero-order valence-corrected chi connectivity index (χ0v) is 22.5. The van der Waals surface area contributed by atoms with Gasteiger partial charge in [-0.05, 0) is 48.4 Å². The Bertz CT molecular complexity index is 1410. The zero-order valence-electron chi connectivity index (χ0n) is 22.5. The first-order valence-corrected chi connectivity index (χ1v) is 13.6. The molecule has 1 aromatic carbocycles. The number of alkyl halides is 3. The Morgan fingerprint density at radius 2 is 1.76 bits per heavy atom. The second kappa shape index (κ2) is 12.3. The number of rotatable bonds is 8. The molecule has 13 heteroatoms. The number of amides is 2. The molecule has 0 radical (unpaired) electrons. The molecule has 0 atom stereocenters. The third kappa shape index (κ3) is 7.03. The minimum atomic E-state index is -4.35. The Morgan fingerprint density at radius 3 is 2.41 bits per heavy atom. The van der Waals surface area contributed by atoms with Crippen LogP contribution in [0.5, 0.6) is 0 Å². The van der Waals surface area contributed by atoms with E-state index >= 15 is 0 Å². The maximum absolute atomic E-state index is 12.9. The van der Waals surface area contributed by atoms with E-state index in [0.29, 0.717) is 49.8 Å². The standard InChI is InChI=1S/C28H32F3N7O3/c29-28(30,31)10-7-24(40)36-12-8-20(9-13-36)23-2-1-11-38-25(23)33-27(34-38)32-22-5-3-21(4-6-22)26(41)37-16-14-35(15-17-37)18-19-39/h1-6,8,11,39H,7,9-10,12-19H2,(H,32,34). The van der Waals surface area contributed by atoms with Gasteiger partial charge in [-0.25, -0.2) is 4.52 Å². The number of piperazine rings is 1. The first-order chi connectivity index (χ1) is 19.7. The summed E-state index contributed by atoms with van der Waals surface area (Å²) < 4.78 is 39.1. The Hall–Kier alpha value is -3.97. The summed E-state index contributed by atoms with van der Waals surface area (Å²) in [6.07, 6.45) is -1.88. The molecule has 0 saturated carbocycles. The van der Waals surface area contributed by atoms with Crippen molar-refractivity contribution in [2.45, 2.75) is 25.4 Å². The number of aliphatic hydroxyl groups excluding tert-OH is 1. The molecule has 1 saturated heterocycles. The van der Waals surface area contributed by atoms with Gasteiger partial charge in [-0.1, -0.05) is 6.08 Å². The average Bonchev–Trinajstić information content (AvgIpc) is 3.39. The Balaban J connectivity index is 1.22. The predicted octanol–water partition coefficient (Wildman–Crippen LogP) is 3.18. The van der Waals surface area contributed by atoms with E-state index in [-0.39, 0.29) is 19.1 Å². The molecule has 0 unspecified atom stereocenters. The monoisotopic (exact) mass is 571 g/mol. The average molecular weight is 572 g/mol. The first-order valence-electron chi connectivity index (χ1n) is 13.6. The summed E-state index contributed by atoms with van der Waals surface area (Å²) in [5.41, 5.74) is 3.72. The van der Waals surface area contributed by atoms with Crippen molar-refractivity contribution in [3.8, 4) is 0 Å². The number of halogens is 3. The molecule has 2 N–H and O–H groups in total. The van der Waals surface area contributed by atoms with Gasteiger partial charge in [0, 0.05) is 75.2 Å². The first kappa shape index (κ1) is 28.6. The Kier molecular flexibility index (Phi) is 8.54. The number of pyridine rings is 1. The van der Waals surface area contributed by atoms with Crippen molar-refractivity contribution in [3.63, 3.8) is 0 Å². The number of β-amino-alcohol motifs (C(OH)–C–C–N with tert-alkyl or cyclic N) is 1. The highest BCUT2D eigenvalue weighted by atomic mass is 19.4. The van der Waals surface area contributed by atoms with Gasteiger partial charge >= 0.3 is 6.18 Å². The molecule has 218 valence electrons. The lowest BCUT2D eigenvalue weighted by Crippen LogP contribution is -2.49. The third-order valence-electron chi connectivity index (χ3n) is 7.36. The molecule has 3 aromatic rings. The van der Waals surface area contributed by atoms with Gasteiger partial charge in [0.25, 0.3) is 5.91 Å². The van der Waals surface area contributed by atoms with Crippen LogP contribution in [0.3, 0.4) is 0 Å². The molecule has 10 nitrogen and oxygen atoms in total. The zero-order chi connectivity index (χ0) is 29.0. The van der Waals surface area contributed by atoms with Gasteiger partial charge in [0.15, 0.2) is 5.65 Å². The minimum absolute atomic E-state index is 0.0305. The number of nitrogens with zero attached hydrogens (tertiary/aromatic N) is 6. The smallest absolute Gasteiger partial charge is 0.389 e. The number of hydrogen-bond acceptors (Lipinski definition) is 7. The molecular weight excluding hydrogens is 539 g/mol. The Morgan fingerprint density at radius 1 is 1.00 bits per heavy atom. The van der Waals surface area contributed by atoms with Crippen molar-refractivity contribution in [1.82, 2.24) is 29.3 Å². The van der Waals surface area contributed by atoms with Crippen LogP contribution in [0, 0.1) is 0 Å². The largest absolute Gasteiger partial charge is 0.395 e. The molecule has 2 aliphatic rings. The lowest BCUT2D eigenvalue weighted by atomic mass is 10.00. The van der Waals surface area contributed by atoms with Crippen molar-refractivity contribution >= 4 is 34.7 Å². The fourth-order valence-electron chi connectivity index (χ4n) is 5.08. The van der Waals surface area contributed by atoms with E-state index in [1.54, 1.807) is 35.0 Å². The van der Waals surface area contributed by atoms with Gasteiger partial charge in [0.05, 0.1) is 13.0 Å². The van der Waals surface area contributed by atoms with Crippen LogP contribution in [0.4, 0.5) is 24.8 Å². The molecule has 0 bridgehead atoms. The number of benzene rings is 1. The molecule has 5 rings (SSSR count). The van der Waals surface area contributed by atoms with Crippen LogP contribution in [0.15, 0.2) is 48.7 Å². The normalized spacial score (nSPS) is 16.6. The van der Waals surface area contributed by atoms with E-state index in [1.807, 2.05) is 23.1 Å². The molecule has 2 aliphatic heterocycles. The molecule has 0 spiro atoms. The number of fused-ring (bicyclic) bond motifs is 1. The van der Waals surface area contributed by atoms with Crippen molar-refractivity contribution in [3.05, 3.63) is 59.8 Å². The number of nitrogens with one attached hydrogen (secondary N) is 1. The van der Waals surface area contributed by atoms with Crippen LogP contribution in [0.2, 0.25) is 0 Å². The van der Waals surface area contributed by atoms with E-state index in [0.717, 1.165) is 29.9 Å². The Labute approximate surface area is 235 Å². The molecule has 41 heavy (non-hydrogen) atoms. The second-order valence-corrected chi connectivity index (χ2v) is 10.1. The molecule has 4 heterocycles. The maximum atomic E-state index is 12.9. The topological polar surface area (TPSA) is 106 Å². The second-order valence-electron chi connectivity index (χ2n) is 10.1. The van der Waals surface area contributed by atoms with E-state index < -0.39 is 24.9 Å². The number of anilines is 2. The van der Waals surface area contributed by atoms with Crippen LogP contribution in [-0.4, -0.2) is 105 Å². The van der Waals surface area contributed by atoms with E-state index in [2.05, 4.69) is 20.3 Å². The molecule has 2 aromatic heterocycles. The quantitative estimate of drug-likeness (QED) is 0.428. The SMILES string of the molecule is O=C(CCC(F)(F)F)N1CC=C(c2cccn3nc(Nc4ccc(C(=O)N5CCN(CCO)CC5)cc4)nc23)CC1. The molecule has 2 amide bonds. The fraction of sp³-hybridized carbons (Fsp3) is 0.429. The van der Waals surface area contributed by atoms with E-state index in [4.69, 9.17) is 5.11 Å². The summed E-state index contributed by atoms with van der Waals surface area (Å²) in [5.74, 6) is -0.160. The number of carbonyl (C=O) groups excluding carboxylic acids is 2. The highest BCUT2D eigenvalue weighted by Crippen LogP contribution is 2.28. The summed E-state index contributed by atoms with van der Waals surface area (Å²) >= 11 is 0. The summed E-state index contributed by atoms with van der Waals surface area (Å²) in [6.45, 7) is 4.03. The van der Waals surface area contributed by atoms with Crippen LogP contribution >= 0.6 is 0 Å². The van der Waals surface area contributed by atoms with Gasteiger partial charge in [-0.2, -0.15) is 18.2 Å². The number of aromatic nitrogens is 3. The number of aliphatic hydroxyl groups is 1. The van der Waals surface area contributed by atoms with Crippen molar-refractivity contribution in [2.24, 2.45) is 0 Å². The van der Waals surface area contributed by atoms with Crippen molar-refractivity contribution in [1.29, 1.82) is 0 Å². The summed E-state index contributed by atoms with van der Waals surface area (Å²) in [5, 5.41) is 16.8. The van der Waals surface area contributed by atoms with Crippen LogP contribution in [0.25, 0.3) is 11.2 Å². The van der Waals surface area contributed by atoms with E-state index in [1.165, 1.54) is 4.90 Å². The number of carbonyl (C=O) groups is 2. The highest BCUT2D eigenvalue weighted by Gasteiger charge is 2.30. The fourth-order valence-corrected chi connectivity index (χ4v) is 5.08. The van der Waals surface area contributed by atoms with Crippen molar-refractivity contribution in [2.75, 3.05) is 57.7 Å². The number of hydrogen-bond donors (Lipinski definition) is 2. The maximum Gasteiger partial charge on any atom is 0.389 e. The summed E-state index contributed by atoms with van der Waals surface area (Å²) in [4.78, 5) is 35.1. The lowest BCUT2D eigenvalue weighted by Gasteiger charge is -2.34. The minimum Gasteiger partial charge on any atom is -0.395 e. The van der Waals surface area contributed by atoms with Crippen LogP contribution in [-0.2, 0) is 4.79 Å². The van der Waals surface area contributed by atoms with Gasteiger partial charge in [0.1, 0.15) is 0 Å². The molecule has 1 fully saturated rings.